The maximum atomic E-state index is 13.1. The predicted molar refractivity (Wildman–Crippen MR) is 85.5 cm³/mol. The van der Waals surface area contributed by atoms with Crippen molar-refractivity contribution < 1.29 is 13.9 Å². The van der Waals surface area contributed by atoms with Gasteiger partial charge in [-0.1, -0.05) is 11.6 Å². The average molecular weight is 352 g/mol. The SMILES string of the molecule is C[C@H](Oc1ccc(F)cc1Cl)C(=O)N1CCc2c(nc[nH]c2=O)C1. The molecule has 3 rings (SSSR count). The topological polar surface area (TPSA) is 75.3 Å². The second-order valence-electron chi connectivity index (χ2n) is 5.50. The largest absolute Gasteiger partial charge is 0.479 e. The van der Waals surface area contributed by atoms with Crippen molar-refractivity contribution in [3.8, 4) is 5.75 Å². The van der Waals surface area contributed by atoms with Gasteiger partial charge in [0.15, 0.2) is 6.10 Å². The molecule has 1 N–H and O–H groups in total. The molecule has 0 bridgehead atoms. The molecule has 1 aromatic carbocycles. The lowest BCUT2D eigenvalue weighted by Gasteiger charge is -2.29. The first-order valence-electron chi connectivity index (χ1n) is 7.41. The number of carbonyl (C=O) groups excluding carboxylic acids is 1. The number of aromatic amines is 1. The Morgan fingerprint density at radius 3 is 3.04 bits per heavy atom. The molecule has 1 amide bonds. The van der Waals surface area contributed by atoms with E-state index in [1.807, 2.05) is 0 Å². The van der Waals surface area contributed by atoms with E-state index < -0.39 is 11.9 Å². The van der Waals surface area contributed by atoms with E-state index in [0.717, 1.165) is 6.07 Å². The van der Waals surface area contributed by atoms with Crippen LogP contribution in [0.2, 0.25) is 5.02 Å². The molecule has 0 spiro atoms. The molecule has 1 atom stereocenters. The van der Waals surface area contributed by atoms with Crippen LogP contribution in [0.1, 0.15) is 18.2 Å². The van der Waals surface area contributed by atoms with E-state index in [4.69, 9.17) is 16.3 Å². The van der Waals surface area contributed by atoms with E-state index in [9.17, 15) is 14.0 Å². The Bertz CT molecular complexity index is 840. The fourth-order valence-corrected chi connectivity index (χ4v) is 2.83. The van der Waals surface area contributed by atoms with Crippen molar-refractivity contribution >= 4 is 17.5 Å². The fourth-order valence-electron chi connectivity index (χ4n) is 2.62. The van der Waals surface area contributed by atoms with Crippen LogP contribution in [-0.4, -0.2) is 33.4 Å². The number of amides is 1. The fraction of sp³-hybridized carbons (Fsp3) is 0.312. The normalized spacial score (nSPS) is 14.9. The molecule has 0 saturated heterocycles. The number of ether oxygens (including phenoxy) is 1. The lowest BCUT2D eigenvalue weighted by molar-refractivity contribution is -0.139. The number of aromatic nitrogens is 2. The maximum absolute atomic E-state index is 13.1. The Labute approximate surface area is 142 Å². The number of nitrogens with zero attached hydrogens (tertiary/aromatic N) is 2. The van der Waals surface area contributed by atoms with Crippen molar-refractivity contribution in [1.29, 1.82) is 0 Å². The lowest BCUT2D eigenvalue weighted by Crippen LogP contribution is -2.44. The Hall–Kier alpha value is -2.41. The number of halogens is 2. The highest BCUT2D eigenvalue weighted by atomic mass is 35.5. The minimum absolute atomic E-state index is 0.104. The van der Waals surface area contributed by atoms with Crippen LogP contribution < -0.4 is 10.3 Å². The molecule has 8 heteroatoms. The molecule has 126 valence electrons. The first-order chi connectivity index (χ1) is 11.5. The van der Waals surface area contributed by atoms with Crippen LogP contribution in [-0.2, 0) is 17.8 Å². The molecular formula is C16H15ClFN3O3. The summed E-state index contributed by atoms with van der Waals surface area (Å²) in [6.07, 6.45) is 0.971. The second kappa shape index (κ2) is 6.60. The molecule has 0 saturated carbocycles. The summed E-state index contributed by atoms with van der Waals surface area (Å²) in [4.78, 5) is 32.5. The van der Waals surface area contributed by atoms with Gasteiger partial charge in [0.1, 0.15) is 11.6 Å². The third kappa shape index (κ3) is 3.26. The monoisotopic (exact) mass is 351 g/mol. The van der Waals surface area contributed by atoms with Crippen LogP contribution in [0.3, 0.4) is 0 Å². The average Bonchev–Trinajstić information content (AvgIpc) is 2.56. The van der Waals surface area contributed by atoms with Crippen molar-refractivity contribution in [2.75, 3.05) is 6.54 Å². The molecule has 2 heterocycles. The smallest absolute Gasteiger partial charge is 0.263 e. The number of hydrogen-bond acceptors (Lipinski definition) is 4. The van der Waals surface area contributed by atoms with E-state index >= 15 is 0 Å². The van der Waals surface area contributed by atoms with Crippen LogP contribution in [0.15, 0.2) is 29.3 Å². The Kier molecular flexibility index (Phi) is 4.53. The van der Waals surface area contributed by atoms with E-state index in [2.05, 4.69) is 9.97 Å². The molecule has 6 nitrogen and oxygen atoms in total. The van der Waals surface area contributed by atoms with Crippen LogP contribution in [0.4, 0.5) is 4.39 Å². The zero-order chi connectivity index (χ0) is 17.3. The second-order valence-corrected chi connectivity index (χ2v) is 5.91. The number of benzene rings is 1. The van der Waals surface area contributed by atoms with Crippen molar-refractivity contribution in [1.82, 2.24) is 14.9 Å². The molecule has 1 aliphatic heterocycles. The molecule has 0 aliphatic carbocycles. The Morgan fingerprint density at radius 1 is 1.50 bits per heavy atom. The van der Waals surface area contributed by atoms with Gasteiger partial charge in [-0.25, -0.2) is 9.37 Å². The molecule has 0 fully saturated rings. The number of rotatable bonds is 3. The number of nitrogens with one attached hydrogen (secondary N) is 1. The maximum Gasteiger partial charge on any atom is 0.263 e. The van der Waals surface area contributed by atoms with Gasteiger partial charge in [-0.05, 0) is 31.5 Å². The van der Waals surface area contributed by atoms with Gasteiger partial charge in [-0.3, -0.25) is 9.59 Å². The van der Waals surface area contributed by atoms with Crippen molar-refractivity contribution in [3.63, 3.8) is 0 Å². The Balaban J connectivity index is 1.71. The minimum Gasteiger partial charge on any atom is -0.479 e. The zero-order valence-corrected chi connectivity index (χ0v) is 13.6. The summed E-state index contributed by atoms with van der Waals surface area (Å²) in [6, 6.07) is 3.72. The molecule has 1 aromatic heterocycles. The van der Waals surface area contributed by atoms with Gasteiger partial charge in [0.25, 0.3) is 11.5 Å². The highest BCUT2D eigenvalue weighted by Crippen LogP contribution is 2.26. The standard InChI is InChI=1S/C16H15ClFN3O3/c1-9(24-14-3-2-10(18)6-12(14)17)16(23)21-5-4-11-13(7-21)19-8-20-15(11)22/h2-3,6,8-9H,4-5,7H2,1H3,(H,19,20,22)/t9-/m0/s1. The summed E-state index contributed by atoms with van der Waals surface area (Å²) >= 11 is 5.91. The van der Waals surface area contributed by atoms with Gasteiger partial charge in [0.05, 0.1) is 23.6 Å². The first-order valence-corrected chi connectivity index (χ1v) is 7.79. The number of carbonyl (C=O) groups is 1. The van der Waals surface area contributed by atoms with Crippen molar-refractivity contribution in [2.45, 2.75) is 26.0 Å². The van der Waals surface area contributed by atoms with Gasteiger partial charge in [0, 0.05) is 12.1 Å². The summed E-state index contributed by atoms with van der Waals surface area (Å²) in [5, 5.41) is 0.104. The molecule has 24 heavy (non-hydrogen) atoms. The van der Waals surface area contributed by atoms with Gasteiger partial charge in [-0.2, -0.15) is 0 Å². The summed E-state index contributed by atoms with van der Waals surface area (Å²) < 4.78 is 18.6. The summed E-state index contributed by atoms with van der Waals surface area (Å²) in [7, 11) is 0. The van der Waals surface area contributed by atoms with Crippen LogP contribution in [0.5, 0.6) is 5.75 Å². The minimum atomic E-state index is -0.795. The van der Waals surface area contributed by atoms with Crippen molar-refractivity contribution in [2.24, 2.45) is 0 Å². The first kappa shape index (κ1) is 16.4. The molecule has 0 unspecified atom stereocenters. The summed E-state index contributed by atoms with van der Waals surface area (Å²) in [5.74, 6) is -0.482. The van der Waals surface area contributed by atoms with Crippen LogP contribution in [0, 0.1) is 5.82 Å². The number of H-pyrrole nitrogens is 1. The molecule has 2 aromatic rings. The predicted octanol–water partition coefficient (Wildman–Crippen LogP) is 1.91. The highest BCUT2D eigenvalue weighted by molar-refractivity contribution is 6.32. The Morgan fingerprint density at radius 2 is 2.29 bits per heavy atom. The molecule has 1 aliphatic rings. The third-order valence-corrected chi connectivity index (χ3v) is 4.16. The third-order valence-electron chi connectivity index (χ3n) is 3.87. The van der Waals surface area contributed by atoms with E-state index in [1.165, 1.54) is 18.5 Å². The van der Waals surface area contributed by atoms with Crippen LogP contribution >= 0.6 is 11.6 Å². The highest BCUT2D eigenvalue weighted by Gasteiger charge is 2.28. The molecule has 0 radical (unpaired) electrons. The van der Waals surface area contributed by atoms with Gasteiger partial charge in [0.2, 0.25) is 0 Å². The van der Waals surface area contributed by atoms with Gasteiger partial charge < -0.3 is 14.6 Å². The lowest BCUT2D eigenvalue weighted by atomic mass is 10.1. The van der Waals surface area contributed by atoms with Gasteiger partial charge >= 0.3 is 0 Å². The van der Waals surface area contributed by atoms with E-state index in [0.29, 0.717) is 24.2 Å². The van der Waals surface area contributed by atoms with Gasteiger partial charge in [-0.15, -0.1) is 0 Å². The van der Waals surface area contributed by atoms with E-state index in [1.54, 1.807) is 11.8 Å². The molecular weight excluding hydrogens is 337 g/mol. The number of hydrogen-bond donors (Lipinski definition) is 1. The summed E-state index contributed by atoms with van der Waals surface area (Å²) in [6.45, 7) is 2.26. The number of fused-ring (bicyclic) bond motifs is 1. The van der Waals surface area contributed by atoms with Crippen LogP contribution in [0.25, 0.3) is 0 Å². The van der Waals surface area contributed by atoms with Crippen molar-refractivity contribution in [3.05, 3.63) is 57.0 Å². The zero-order valence-electron chi connectivity index (χ0n) is 12.9. The summed E-state index contributed by atoms with van der Waals surface area (Å²) in [5.41, 5.74) is 1.02. The quantitative estimate of drug-likeness (QED) is 0.916. The van der Waals surface area contributed by atoms with E-state index in [-0.39, 0.29) is 28.8 Å².